The van der Waals surface area contributed by atoms with E-state index in [1.165, 1.54) is 6.07 Å². The first-order valence-electron chi connectivity index (χ1n) is 5.19. The molecule has 1 aromatic rings. The van der Waals surface area contributed by atoms with Gasteiger partial charge in [-0.25, -0.2) is 4.79 Å². The zero-order valence-electron chi connectivity index (χ0n) is 9.24. The Morgan fingerprint density at radius 2 is 2.35 bits per heavy atom. The molecule has 0 spiro atoms. The molecule has 17 heavy (non-hydrogen) atoms. The summed E-state index contributed by atoms with van der Waals surface area (Å²) >= 11 is 0. The fourth-order valence-corrected chi connectivity index (χ4v) is 1.90. The maximum absolute atomic E-state index is 11.7. The number of ether oxygens (including phenoxy) is 1. The van der Waals surface area contributed by atoms with E-state index >= 15 is 0 Å². The molecule has 0 aliphatic carbocycles. The van der Waals surface area contributed by atoms with Crippen molar-refractivity contribution in [3.63, 3.8) is 0 Å². The minimum atomic E-state index is -1.79. The first kappa shape index (κ1) is 11.5. The van der Waals surface area contributed by atoms with E-state index in [0.29, 0.717) is 0 Å². The number of carbonyl (C=O) groups excluding carboxylic acids is 1. The van der Waals surface area contributed by atoms with Gasteiger partial charge in [0.05, 0.1) is 11.3 Å². The molecule has 1 aliphatic rings. The number of H-pyrrole nitrogens is 1. The topological polar surface area (TPSA) is 103 Å². The molecule has 1 atom stereocenters. The summed E-state index contributed by atoms with van der Waals surface area (Å²) in [7, 11) is 0. The molecule has 2 heterocycles. The second-order valence-corrected chi connectivity index (χ2v) is 3.88. The van der Waals surface area contributed by atoms with Gasteiger partial charge in [0, 0.05) is 11.8 Å². The number of carbonyl (C=O) groups is 1. The van der Waals surface area contributed by atoms with Crippen molar-refractivity contribution in [3.05, 3.63) is 33.2 Å². The third-order valence-electron chi connectivity index (χ3n) is 2.95. The molecular formula is C11H12N2O4. The van der Waals surface area contributed by atoms with E-state index in [4.69, 9.17) is 10.1 Å². The molecule has 0 saturated carbocycles. The fraction of sp³-hybridized carbons (Fsp3) is 0.364. The van der Waals surface area contributed by atoms with Gasteiger partial charge in [0.25, 0.3) is 5.56 Å². The molecule has 2 rings (SSSR count). The monoisotopic (exact) mass is 236 g/mol. The summed E-state index contributed by atoms with van der Waals surface area (Å²) in [6.07, 6.45) is 1.07. The van der Waals surface area contributed by atoms with Gasteiger partial charge < -0.3 is 20.2 Å². The Morgan fingerprint density at radius 3 is 2.94 bits per heavy atom. The first-order chi connectivity index (χ1) is 8.02. The van der Waals surface area contributed by atoms with Gasteiger partial charge in [-0.15, -0.1) is 0 Å². The van der Waals surface area contributed by atoms with Crippen molar-refractivity contribution in [3.8, 4) is 0 Å². The number of aliphatic hydroxyl groups is 1. The Morgan fingerprint density at radius 1 is 1.65 bits per heavy atom. The number of cyclic esters (lactones) is 1. The molecule has 90 valence electrons. The molecule has 0 aromatic carbocycles. The molecule has 0 amide bonds. The SMILES string of the molecule is CC[C@@]1(O)C(=O)OCc2c1cc(C=N)[nH]c2=O. The number of hydrogen-bond acceptors (Lipinski definition) is 5. The lowest BCUT2D eigenvalue weighted by Crippen LogP contribution is -2.43. The molecule has 1 aliphatic heterocycles. The van der Waals surface area contributed by atoms with E-state index in [1.807, 2.05) is 0 Å². The van der Waals surface area contributed by atoms with Crippen LogP contribution in [0.4, 0.5) is 0 Å². The van der Waals surface area contributed by atoms with Crippen molar-refractivity contribution < 1.29 is 14.6 Å². The van der Waals surface area contributed by atoms with Crippen LogP contribution in [0, 0.1) is 5.41 Å². The van der Waals surface area contributed by atoms with Crippen LogP contribution in [0.25, 0.3) is 0 Å². The van der Waals surface area contributed by atoms with Crippen LogP contribution in [0.15, 0.2) is 10.9 Å². The Balaban J connectivity index is 2.74. The largest absolute Gasteiger partial charge is 0.458 e. The molecule has 1 aromatic heterocycles. The molecule has 3 N–H and O–H groups in total. The number of aromatic amines is 1. The number of esters is 1. The van der Waals surface area contributed by atoms with Crippen LogP contribution in [0.3, 0.4) is 0 Å². The summed E-state index contributed by atoms with van der Waals surface area (Å²) in [5, 5.41) is 17.3. The standard InChI is InChI=1S/C11H12N2O4/c1-2-11(16)8-3-6(4-12)13-9(14)7(8)5-17-10(11)15/h3-4,12,16H,2,5H2,1H3,(H,13,14)/t11-/m0/s1. The quantitative estimate of drug-likeness (QED) is 0.497. The van der Waals surface area contributed by atoms with Crippen molar-refractivity contribution in [2.45, 2.75) is 25.6 Å². The van der Waals surface area contributed by atoms with Gasteiger partial charge >= 0.3 is 5.97 Å². The minimum Gasteiger partial charge on any atom is -0.458 e. The van der Waals surface area contributed by atoms with Gasteiger partial charge in [0.15, 0.2) is 5.60 Å². The Hall–Kier alpha value is -1.95. The van der Waals surface area contributed by atoms with Crippen molar-refractivity contribution in [2.75, 3.05) is 0 Å². The summed E-state index contributed by atoms with van der Waals surface area (Å²) in [6, 6.07) is 1.44. The number of aromatic nitrogens is 1. The average molecular weight is 236 g/mol. The van der Waals surface area contributed by atoms with E-state index in [9.17, 15) is 14.7 Å². The van der Waals surface area contributed by atoms with E-state index in [-0.39, 0.29) is 29.8 Å². The zero-order chi connectivity index (χ0) is 12.6. The van der Waals surface area contributed by atoms with E-state index < -0.39 is 17.1 Å². The molecule has 0 saturated heterocycles. The summed E-state index contributed by atoms with van der Waals surface area (Å²) in [4.78, 5) is 25.7. The summed E-state index contributed by atoms with van der Waals surface area (Å²) in [5.41, 5.74) is -1.52. The predicted molar refractivity (Wildman–Crippen MR) is 58.9 cm³/mol. The molecular weight excluding hydrogens is 224 g/mol. The lowest BCUT2D eigenvalue weighted by atomic mass is 9.86. The van der Waals surface area contributed by atoms with Gasteiger partial charge in [0.1, 0.15) is 6.61 Å². The van der Waals surface area contributed by atoms with Crippen molar-refractivity contribution in [2.24, 2.45) is 0 Å². The summed E-state index contributed by atoms with van der Waals surface area (Å²) in [6.45, 7) is 1.48. The van der Waals surface area contributed by atoms with Crippen molar-refractivity contribution in [1.29, 1.82) is 5.41 Å². The third-order valence-corrected chi connectivity index (χ3v) is 2.95. The first-order valence-corrected chi connectivity index (χ1v) is 5.19. The average Bonchev–Trinajstić information content (AvgIpc) is 2.34. The number of fused-ring (bicyclic) bond motifs is 1. The van der Waals surface area contributed by atoms with Crippen molar-refractivity contribution >= 4 is 12.2 Å². The Labute approximate surface area is 96.8 Å². The highest BCUT2D eigenvalue weighted by Crippen LogP contribution is 2.32. The second kappa shape index (κ2) is 3.81. The lowest BCUT2D eigenvalue weighted by Gasteiger charge is -2.31. The third kappa shape index (κ3) is 1.57. The van der Waals surface area contributed by atoms with E-state index in [2.05, 4.69) is 4.98 Å². The van der Waals surface area contributed by atoms with Crippen LogP contribution in [-0.2, 0) is 21.7 Å². The lowest BCUT2D eigenvalue weighted by molar-refractivity contribution is -0.172. The molecule has 0 fully saturated rings. The van der Waals surface area contributed by atoms with E-state index in [1.54, 1.807) is 6.92 Å². The van der Waals surface area contributed by atoms with Gasteiger partial charge in [-0.2, -0.15) is 0 Å². The smallest absolute Gasteiger partial charge is 0.343 e. The van der Waals surface area contributed by atoms with Crippen LogP contribution in [0.1, 0.15) is 30.2 Å². The maximum atomic E-state index is 11.7. The van der Waals surface area contributed by atoms with Crippen LogP contribution < -0.4 is 5.56 Å². The van der Waals surface area contributed by atoms with Crippen molar-refractivity contribution in [1.82, 2.24) is 4.98 Å². The number of pyridine rings is 1. The molecule has 0 radical (unpaired) electrons. The Kier molecular flexibility index (Phi) is 2.59. The molecule has 0 unspecified atom stereocenters. The normalized spacial score (nSPS) is 22.8. The number of hydrogen-bond donors (Lipinski definition) is 3. The number of nitrogens with one attached hydrogen (secondary N) is 2. The van der Waals surface area contributed by atoms with Crippen LogP contribution >= 0.6 is 0 Å². The fourth-order valence-electron chi connectivity index (χ4n) is 1.90. The predicted octanol–water partition coefficient (Wildman–Crippen LogP) is 0.0270. The highest BCUT2D eigenvalue weighted by Gasteiger charge is 2.44. The van der Waals surface area contributed by atoms with Crippen LogP contribution in [0.5, 0.6) is 0 Å². The zero-order valence-corrected chi connectivity index (χ0v) is 9.24. The van der Waals surface area contributed by atoms with E-state index in [0.717, 1.165) is 6.21 Å². The molecule has 6 heteroatoms. The highest BCUT2D eigenvalue weighted by molar-refractivity contribution is 5.84. The summed E-state index contributed by atoms with van der Waals surface area (Å²) in [5.74, 6) is -0.756. The number of rotatable bonds is 2. The molecule has 0 bridgehead atoms. The second-order valence-electron chi connectivity index (χ2n) is 3.88. The van der Waals surface area contributed by atoms with Gasteiger partial charge in [-0.1, -0.05) is 6.92 Å². The highest BCUT2D eigenvalue weighted by atomic mass is 16.6. The van der Waals surface area contributed by atoms with Gasteiger partial charge in [-0.3, -0.25) is 4.79 Å². The van der Waals surface area contributed by atoms with Gasteiger partial charge in [0.2, 0.25) is 0 Å². The summed E-state index contributed by atoms with van der Waals surface area (Å²) < 4.78 is 4.80. The Bertz CT molecular complexity index is 549. The van der Waals surface area contributed by atoms with Crippen LogP contribution in [-0.4, -0.2) is 22.3 Å². The maximum Gasteiger partial charge on any atom is 0.343 e. The minimum absolute atomic E-state index is 0.111. The molecule has 6 nitrogen and oxygen atoms in total. The van der Waals surface area contributed by atoms with Gasteiger partial charge in [-0.05, 0) is 12.5 Å². The van der Waals surface area contributed by atoms with Crippen LogP contribution in [0.2, 0.25) is 0 Å².